The lowest BCUT2D eigenvalue weighted by molar-refractivity contribution is -0.138. The number of esters is 1. The second kappa shape index (κ2) is 7.19. The molecule has 0 saturated carbocycles. The Hall–Kier alpha value is -2.47. The third-order valence-corrected chi connectivity index (χ3v) is 4.92. The molecule has 1 unspecified atom stereocenters. The molecule has 1 N–H and O–H groups in total. The number of aromatic nitrogens is 2. The first-order valence-electron chi connectivity index (χ1n) is 8.55. The van der Waals surface area contributed by atoms with Crippen LogP contribution in [0.2, 0.25) is 0 Å². The maximum Gasteiger partial charge on any atom is 0.357 e. The largest absolute Gasteiger partial charge is 0.446 e. The van der Waals surface area contributed by atoms with Crippen LogP contribution in [0.5, 0.6) is 0 Å². The first-order valence-corrected chi connectivity index (χ1v) is 8.55. The van der Waals surface area contributed by atoms with Crippen LogP contribution in [0.4, 0.5) is 0 Å². The van der Waals surface area contributed by atoms with Gasteiger partial charge in [-0.2, -0.15) is 0 Å². The number of benzene rings is 1. The number of piperidine rings is 1. The Morgan fingerprint density at radius 1 is 1.24 bits per heavy atom. The van der Waals surface area contributed by atoms with Gasteiger partial charge in [0.05, 0.1) is 18.6 Å². The van der Waals surface area contributed by atoms with Crippen LogP contribution in [-0.2, 0) is 9.53 Å². The smallest absolute Gasteiger partial charge is 0.357 e. The number of rotatable bonds is 5. The average molecular weight is 341 g/mol. The normalized spacial score (nSPS) is 17.7. The minimum absolute atomic E-state index is 0.0625. The molecule has 6 nitrogen and oxygen atoms in total. The van der Waals surface area contributed by atoms with Crippen LogP contribution in [0.1, 0.15) is 48.8 Å². The van der Waals surface area contributed by atoms with Crippen molar-refractivity contribution in [1.29, 1.82) is 0 Å². The van der Waals surface area contributed by atoms with Crippen molar-refractivity contribution in [2.24, 2.45) is 0 Å². The van der Waals surface area contributed by atoms with E-state index in [1.165, 1.54) is 13.1 Å². The fourth-order valence-electron chi connectivity index (χ4n) is 3.25. The fourth-order valence-corrected chi connectivity index (χ4v) is 3.25. The van der Waals surface area contributed by atoms with Crippen LogP contribution in [-0.4, -0.2) is 40.0 Å². The summed E-state index contributed by atoms with van der Waals surface area (Å²) in [6, 6.07) is 9.81. The predicted octanol–water partition coefficient (Wildman–Crippen LogP) is 2.36. The van der Waals surface area contributed by atoms with E-state index >= 15 is 0 Å². The number of Topliss-reactive ketones (excluding diaryl/α,β-unsaturated/α-hetero) is 1. The molecule has 0 amide bonds. The zero-order chi connectivity index (χ0) is 17.9. The quantitative estimate of drug-likeness (QED) is 0.845. The number of nitrogens with zero attached hydrogens (tertiary/aromatic N) is 2. The van der Waals surface area contributed by atoms with Gasteiger partial charge in [0.25, 0.3) is 0 Å². The zero-order valence-corrected chi connectivity index (χ0v) is 14.6. The van der Waals surface area contributed by atoms with Crippen LogP contribution in [0.25, 0.3) is 0 Å². The zero-order valence-electron chi connectivity index (χ0n) is 14.6. The fraction of sp³-hybridized carbons (Fsp3) is 0.421. The maximum atomic E-state index is 12.8. The van der Waals surface area contributed by atoms with Crippen LogP contribution >= 0.6 is 0 Å². The topological polar surface area (TPSA) is 73.2 Å². The number of nitrogens with one attached hydrogen (secondary N) is 1. The molecule has 0 spiro atoms. The van der Waals surface area contributed by atoms with Crippen LogP contribution < -0.4 is 5.32 Å². The number of carbonyl (C=O) groups is 2. The van der Waals surface area contributed by atoms with Crippen LogP contribution in [0.15, 0.2) is 42.9 Å². The molecule has 1 aromatic carbocycles. The Bertz CT molecular complexity index is 748. The molecule has 2 aromatic rings. The summed E-state index contributed by atoms with van der Waals surface area (Å²) in [6.07, 6.45) is 4.11. The molecule has 1 aliphatic rings. The van der Waals surface area contributed by atoms with Gasteiger partial charge < -0.3 is 14.6 Å². The Balaban J connectivity index is 1.84. The van der Waals surface area contributed by atoms with E-state index in [0.717, 1.165) is 5.56 Å². The van der Waals surface area contributed by atoms with E-state index in [1.807, 2.05) is 37.3 Å². The number of imidazole rings is 1. The van der Waals surface area contributed by atoms with Crippen molar-refractivity contribution in [2.45, 2.75) is 38.3 Å². The maximum absolute atomic E-state index is 12.8. The first kappa shape index (κ1) is 17.4. The summed E-state index contributed by atoms with van der Waals surface area (Å²) in [4.78, 5) is 29.0. The third-order valence-electron chi connectivity index (χ3n) is 4.92. The average Bonchev–Trinajstić information content (AvgIpc) is 3.12. The van der Waals surface area contributed by atoms with Crippen molar-refractivity contribution in [2.75, 3.05) is 13.1 Å². The van der Waals surface area contributed by atoms with E-state index in [1.54, 1.807) is 10.9 Å². The number of hydrogen-bond donors (Lipinski definition) is 1. The summed E-state index contributed by atoms with van der Waals surface area (Å²) in [6.45, 7) is 4.81. The molecule has 1 atom stereocenters. The number of carbonyl (C=O) groups excluding carboxylic acids is 2. The summed E-state index contributed by atoms with van der Waals surface area (Å²) in [5.74, 6) is -0.609. The van der Waals surface area contributed by atoms with E-state index < -0.39 is 11.6 Å². The van der Waals surface area contributed by atoms with Crippen LogP contribution in [0.3, 0.4) is 0 Å². The summed E-state index contributed by atoms with van der Waals surface area (Å²) in [5, 5.41) is 3.19. The van der Waals surface area contributed by atoms with Gasteiger partial charge in [0, 0.05) is 12.8 Å². The molecule has 25 heavy (non-hydrogen) atoms. The van der Waals surface area contributed by atoms with Gasteiger partial charge in [0.15, 0.2) is 11.4 Å². The molecular formula is C19H23N3O3. The lowest BCUT2D eigenvalue weighted by Crippen LogP contribution is -2.50. The second-order valence-electron chi connectivity index (χ2n) is 6.46. The molecular weight excluding hydrogens is 318 g/mol. The van der Waals surface area contributed by atoms with Gasteiger partial charge in [0.1, 0.15) is 5.69 Å². The Morgan fingerprint density at radius 3 is 2.56 bits per heavy atom. The first-order chi connectivity index (χ1) is 12.0. The second-order valence-corrected chi connectivity index (χ2v) is 6.46. The highest BCUT2D eigenvalue weighted by Crippen LogP contribution is 2.27. The van der Waals surface area contributed by atoms with Gasteiger partial charge in [0.2, 0.25) is 0 Å². The van der Waals surface area contributed by atoms with Crippen LogP contribution in [0, 0.1) is 0 Å². The summed E-state index contributed by atoms with van der Waals surface area (Å²) < 4.78 is 7.51. The van der Waals surface area contributed by atoms with E-state index in [2.05, 4.69) is 10.3 Å². The molecule has 2 heterocycles. The van der Waals surface area contributed by atoms with E-state index in [-0.39, 0.29) is 11.8 Å². The lowest BCUT2D eigenvalue weighted by atomic mass is 9.88. The molecule has 6 heteroatoms. The minimum Gasteiger partial charge on any atom is -0.446 e. The van der Waals surface area contributed by atoms with Gasteiger partial charge in [-0.1, -0.05) is 30.3 Å². The molecule has 0 bridgehead atoms. The Morgan fingerprint density at radius 2 is 1.92 bits per heavy atom. The molecule has 132 valence electrons. The summed E-state index contributed by atoms with van der Waals surface area (Å²) in [5.41, 5.74) is 0.390. The molecule has 3 rings (SSSR count). The monoisotopic (exact) mass is 341 g/mol. The minimum atomic E-state index is -1.03. The van der Waals surface area contributed by atoms with Crippen molar-refractivity contribution in [1.82, 2.24) is 14.9 Å². The predicted molar refractivity (Wildman–Crippen MR) is 93.4 cm³/mol. The van der Waals surface area contributed by atoms with E-state index in [4.69, 9.17) is 4.74 Å². The Labute approximate surface area is 147 Å². The van der Waals surface area contributed by atoms with Crippen molar-refractivity contribution < 1.29 is 14.3 Å². The van der Waals surface area contributed by atoms with E-state index in [0.29, 0.717) is 31.6 Å². The van der Waals surface area contributed by atoms with Crippen molar-refractivity contribution in [3.05, 3.63) is 54.1 Å². The van der Waals surface area contributed by atoms with Gasteiger partial charge in [-0.05, 0) is 32.5 Å². The van der Waals surface area contributed by atoms with Gasteiger partial charge in [-0.3, -0.25) is 4.79 Å². The lowest BCUT2D eigenvalue weighted by Gasteiger charge is -2.34. The third kappa shape index (κ3) is 3.49. The van der Waals surface area contributed by atoms with Gasteiger partial charge >= 0.3 is 5.97 Å². The number of ether oxygens (including phenoxy) is 1. The standard InChI is InChI=1S/C19H23N3O3/c1-14(16-6-4-3-5-7-16)22-13-21-12-17(22)18(24)25-19(15(2)23)8-10-20-11-9-19/h3-7,12-14,20H,8-11H2,1-2H3. The number of ketones is 1. The molecule has 0 aliphatic carbocycles. The number of hydrogen-bond acceptors (Lipinski definition) is 5. The highest BCUT2D eigenvalue weighted by molar-refractivity contribution is 5.93. The van der Waals surface area contributed by atoms with Crippen molar-refractivity contribution in [3.8, 4) is 0 Å². The van der Waals surface area contributed by atoms with Crippen molar-refractivity contribution >= 4 is 11.8 Å². The highest BCUT2D eigenvalue weighted by Gasteiger charge is 2.41. The van der Waals surface area contributed by atoms with Gasteiger partial charge in [-0.25, -0.2) is 9.78 Å². The molecule has 0 radical (unpaired) electrons. The van der Waals surface area contributed by atoms with Crippen molar-refractivity contribution in [3.63, 3.8) is 0 Å². The van der Waals surface area contributed by atoms with E-state index in [9.17, 15) is 9.59 Å². The molecule has 1 saturated heterocycles. The Kier molecular flexibility index (Phi) is 4.99. The summed E-state index contributed by atoms with van der Waals surface area (Å²) >= 11 is 0. The summed E-state index contributed by atoms with van der Waals surface area (Å²) in [7, 11) is 0. The highest BCUT2D eigenvalue weighted by atomic mass is 16.6. The SMILES string of the molecule is CC(=O)C1(OC(=O)c2cncn2C(C)c2ccccc2)CCNCC1. The molecule has 1 fully saturated rings. The molecule has 1 aliphatic heterocycles. The van der Waals surface area contributed by atoms with Gasteiger partial charge in [-0.15, -0.1) is 0 Å². The molecule has 1 aromatic heterocycles.